The first-order valence-electron chi connectivity index (χ1n) is 5.72. The molecule has 1 aromatic carbocycles. The van der Waals surface area contributed by atoms with Crippen molar-refractivity contribution >= 4 is 17.7 Å². The number of benzene rings is 1. The van der Waals surface area contributed by atoms with Crippen molar-refractivity contribution in [1.29, 1.82) is 0 Å². The van der Waals surface area contributed by atoms with Crippen molar-refractivity contribution in [3.8, 4) is 11.4 Å². The molecule has 0 radical (unpaired) electrons. The van der Waals surface area contributed by atoms with Gasteiger partial charge in [0, 0.05) is 5.75 Å². The number of hydrogen-bond acceptors (Lipinski definition) is 4. The Morgan fingerprint density at radius 2 is 2.16 bits per heavy atom. The second-order valence-corrected chi connectivity index (χ2v) is 4.75. The summed E-state index contributed by atoms with van der Waals surface area (Å²) < 4.78 is 6.97. The monoisotopic (exact) mass is 278 g/mol. The first-order chi connectivity index (χ1) is 9.22. The van der Waals surface area contributed by atoms with E-state index in [1.165, 1.54) is 4.68 Å². The summed E-state index contributed by atoms with van der Waals surface area (Å²) in [7, 11) is 0. The highest BCUT2D eigenvalue weighted by atomic mass is 32.2. The van der Waals surface area contributed by atoms with Gasteiger partial charge in [0.2, 0.25) is 5.69 Å². The third-order valence-corrected chi connectivity index (χ3v) is 3.02. The molecule has 1 heterocycles. The van der Waals surface area contributed by atoms with Gasteiger partial charge in [0.1, 0.15) is 0 Å². The molecule has 100 valence electrons. The Hall–Kier alpha value is -1.95. The standard InChI is InChI=1S/C13H14N2O3S/c1-19-8-7-18-11-9-15(14-12(11)13(16)17)10-5-3-2-4-6-10/h2-6,9H,7-8H2,1H3,(H,16,17). The van der Waals surface area contributed by atoms with Crippen LogP contribution in [0.4, 0.5) is 0 Å². The maximum Gasteiger partial charge on any atom is 0.360 e. The van der Waals surface area contributed by atoms with E-state index >= 15 is 0 Å². The van der Waals surface area contributed by atoms with Crippen LogP contribution in [0.25, 0.3) is 5.69 Å². The minimum Gasteiger partial charge on any atom is -0.488 e. The number of aromatic nitrogens is 2. The Morgan fingerprint density at radius 3 is 2.79 bits per heavy atom. The number of carboxylic acids is 1. The Kier molecular flexibility index (Phi) is 4.46. The van der Waals surface area contributed by atoms with Gasteiger partial charge in [0.15, 0.2) is 5.75 Å². The second-order valence-electron chi connectivity index (χ2n) is 3.77. The van der Waals surface area contributed by atoms with Gasteiger partial charge >= 0.3 is 5.97 Å². The number of rotatable bonds is 6. The molecule has 0 unspecified atom stereocenters. The fraction of sp³-hybridized carbons (Fsp3) is 0.231. The average molecular weight is 278 g/mol. The van der Waals surface area contributed by atoms with Gasteiger partial charge in [-0.25, -0.2) is 9.48 Å². The fourth-order valence-corrected chi connectivity index (χ4v) is 1.81. The van der Waals surface area contributed by atoms with Gasteiger partial charge < -0.3 is 9.84 Å². The number of hydrogen-bond donors (Lipinski definition) is 1. The van der Waals surface area contributed by atoms with Crippen molar-refractivity contribution in [2.45, 2.75) is 0 Å². The predicted octanol–water partition coefficient (Wildman–Crippen LogP) is 2.31. The molecule has 0 aliphatic heterocycles. The second kappa shape index (κ2) is 6.29. The summed E-state index contributed by atoms with van der Waals surface area (Å²) in [5.41, 5.74) is 0.731. The van der Waals surface area contributed by atoms with E-state index in [4.69, 9.17) is 9.84 Å². The molecule has 5 nitrogen and oxygen atoms in total. The lowest BCUT2D eigenvalue weighted by molar-refractivity contribution is 0.0685. The lowest BCUT2D eigenvalue weighted by Gasteiger charge is -2.02. The summed E-state index contributed by atoms with van der Waals surface area (Å²) in [6.45, 7) is 0.460. The highest BCUT2D eigenvalue weighted by molar-refractivity contribution is 7.98. The summed E-state index contributed by atoms with van der Waals surface area (Å²) in [5.74, 6) is 0.00879. The molecule has 0 saturated carbocycles. The minimum atomic E-state index is -1.09. The van der Waals surface area contributed by atoms with Gasteiger partial charge in [0.25, 0.3) is 0 Å². The van der Waals surface area contributed by atoms with Crippen LogP contribution in [0.5, 0.6) is 5.75 Å². The molecule has 2 aromatic rings. The summed E-state index contributed by atoms with van der Waals surface area (Å²) in [6, 6.07) is 9.33. The number of carboxylic acid groups (broad SMARTS) is 1. The van der Waals surface area contributed by atoms with Crippen LogP contribution >= 0.6 is 11.8 Å². The zero-order valence-corrected chi connectivity index (χ0v) is 11.3. The number of thioether (sulfide) groups is 1. The molecule has 6 heteroatoms. The summed E-state index contributed by atoms with van der Waals surface area (Å²) in [6.07, 6.45) is 3.56. The molecule has 1 N–H and O–H groups in total. The van der Waals surface area contributed by atoms with E-state index in [9.17, 15) is 4.79 Å². The summed E-state index contributed by atoms with van der Waals surface area (Å²) in [4.78, 5) is 11.1. The van der Waals surface area contributed by atoms with Crippen molar-refractivity contribution < 1.29 is 14.6 Å². The van der Waals surface area contributed by atoms with Crippen LogP contribution in [0.2, 0.25) is 0 Å². The molecule has 0 amide bonds. The van der Waals surface area contributed by atoms with Gasteiger partial charge in [-0.3, -0.25) is 0 Å². The summed E-state index contributed by atoms with van der Waals surface area (Å²) in [5, 5.41) is 13.2. The molecule has 1 aromatic heterocycles. The van der Waals surface area contributed by atoms with E-state index in [-0.39, 0.29) is 5.69 Å². The third kappa shape index (κ3) is 3.29. The van der Waals surface area contributed by atoms with E-state index in [0.29, 0.717) is 12.4 Å². The lowest BCUT2D eigenvalue weighted by atomic mass is 10.3. The topological polar surface area (TPSA) is 64.4 Å². The molecule has 0 spiro atoms. The van der Waals surface area contributed by atoms with Gasteiger partial charge in [-0.15, -0.1) is 0 Å². The van der Waals surface area contributed by atoms with E-state index in [2.05, 4.69) is 5.10 Å². The van der Waals surface area contributed by atoms with Crippen LogP contribution in [0.3, 0.4) is 0 Å². The maximum absolute atomic E-state index is 11.1. The van der Waals surface area contributed by atoms with Crippen molar-refractivity contribution in [2.75, 3.05) is 18.6 Å². The van der Waals surface area contributed by atoms with E-state index in [0.717, 1.165) is 11.4 Å². The lowest BCUT2D eigenvalue weighted by Crippen LogP contribution is -2.05. The quantitative estimate of drug-likeness (QED) is 0.821. The average Bonchev–Trinajstić information content (AvgIpc) is 2.84. The molecular formula is C13H14N2O3S. The Bertz CT molecular complexity index is 554. The zero-order chi connectivity index (χ0) is 13.7. The number of nitrogens with zero attached hydrogens (tertiary/aromatic N) is 2. The van der Waals surface area contributed by atoms with Gasteiger partial charge in [0.05, 0.1) is 18.5 Å². The Labute approximate surface area is 115 Å². The zero-order valence-electron chi connectivity index (χ0n) is 10.4. The molecule has 0 aliphatic carbocycles. The van der Waals surface area contributed by atoms with E-state index < -0.39 is 5.97 Å². The van der Waals surface area contributed by atoms with Crippen LogP contribution in [-0.2, 0) is 0 Å². The molecular weight excluding hydrogens is 264 g/mol. The van der Waals surface area contributed by atoms with Crippen molar-refractivity contribution in [2.24, 2.45) is 0 Å². The number of carbonyl (C=O) groups is 1. The largest absolute Gasteiger partial charge is 0.488 e. The molecule has 0 fully saturated rings. The maximum atomic E-state index is 11.1. The van der Waals surface area contributed by atoms with Crippen LogP contribution in [0.1, 0.15) is 10.5 Å². The minimum absolute atomic E-state index is 0.0649. The third-order valence-electron chi connectivity index (χ3n) is 2.45. The van der Waals surface area contributed by atoms with Gasteiger partial charge in [-0.2, -0.15) is 16.9 Å². The predicted molar refractivity (Wildman–Crippen MR) is 74.4 cm³/mol. The molecule has 0 aliphatic rings. The molecule has 19 heavy (non-hydrogen) atoms. The first kappa shape index (κ1) is 13.5. The number of para-hydroxylation sites is 1. The Morgan fingerprint density at radius 1 is 1.42 bits per heavy atom. The molecule has 0 bridgehead atoms. The molecule has 0 saturated heterocycles. The van der Waals surface area contributed by atoms with Crippen molar-refractivity contribution in [1.82, 2.24) is 9.78 Å². The van der Waals surface area contributed by atoms with Gasteiger partial charge in [-0.05, 0) is 18.4 Å². The normalized spacial score (nSPS) is 10.4. The van der Waals surface area contributed by atoms with Crippen LogP contribution in [0, 0.1) is 0 Å². The van der Waals surface area contributed by atoms with E-state index in [1.807, 2.05) is 36.6 Å². The van der Waals surface area contributed by atoms with Crippen molar-refractivity contribution in [3.63, 3.8) is 0 Å². The van der Waals surface area contributed by atoms with Gasteiger partial charge in [-0.1, -0.05) is 18.2 Å². The number of aromatic carboxylic acids is 1. The van der Waals surface area contributed by atoms with Crippen LogP contribution < -0.4 is 4.74 Å². The number of ether oxygens (including phenoxy) is 1. The molecule has 2 rings (SSSR count). The smallest absolute Gasteiger partial charge is 0.360 e. The highest BCUT2D eigenvalue weighted by Gasteiger charge is 2.17. The van der Waals surface area contributed by atoms with Crippen LogP contribution in [0.15, 0.2) is 36.5 Å². The highest BCUT2D eigenvalue weighted by Crippen LogP contribution is 2.20. The molecule has 0 atom stereocenters. The van der Waals surface area contributed by atoms with Crippen LogP contribution in [-0.4, -0.2) is 39.5 Å². The fourth-order valence-electron chi connectivity index (χ4n) is 1.56. The Balaban J connectivity index is 2.27. The first-order valence-corrected chi connectivity index (χ1v) is 7.12. The van der Waals surface area contributed by atoms with Crippen molar-refractivity contribution in [3.05, 3.63) is 42.2 Å². The summed E-state index contributed by atoms with van der Waals surface area (Å²) >= 11 is 1.64. The SMILES string of the molecule is CSCCOc1cn(-c2ccccc2)nc1C(=O)O. The van der Waals surface area contributed by atoms with E-state index in [1.54, 1.807) is 18.0 Å².